The van der Waals surface area contributed by atoms with E-state index >= 15 is 4.39 Å². The molecule has 0 spiro atoms. The number of ether oxygens (including phenoxy) is 1. The van der Waals surface area contributed by atoms with E-state index in [2.05, 4.69) is 0 Å². The highest BCUT2D eigenvalue weighted by Gasteiger charge is 2.43. The number of hydrogen-bond acceptors (Lipinski definition) is 6. The fourth-order valence-corrected chi connectivity index (χ4v) is 6.59. The number of thioether (sulfide) groups is 1. The number of aromatic hydroxyl groups is 1. The van der Waals surface area contributed by atoms with Gasteiger partial charge in [-0.05, 0) is 23.6 Å². The molecule has 10 heteroatoms. The van der Waals surface area contributed by atoms with Gasteiger partial charge in [0, 0.05) is 40.1 Å². The number of fused-ring (bicyclic) bond motifs is 7. The number of pyridine rings is 1. The molecular weight excluding hydrogens is 512 g/mol. The van der Waals surface area contributed by atoms with Gasteiger partial charge in [-0.3, -0.25) is 19.3 Å². The maximum absolute atomic E-state index is 15.4. The third-order valence-electron chi connectivity index (χ3n) is 7.28. The zero-order valence-corrected chi connectivity index (χ0v) is 21.5. The summed E-state index contributed by atoms with van der Waals surface area (Å²) in [7, 11) is 0. The lowest BCUT2D eigenvalue weighted by Gasteiger charge is -2.46. The molecule has 6 rings (SSSR count). The monoisotopic (exact) mass is 537 g/mol. The van der Waals surface area contributed by atoms with Gasteiger partial charge in [0.15, 0.2) is 23.1 Å². The van der Waals surface area contributed by atoms with Crippen LogP contribution in [0.4, 0.5) is 8.78 Å². The number of aromatic nitrogens is 1. The van der Waals surface area contributed by atoms with Gasteiger partial charge in [0.25, 0.3) is 5.91 Å². The molecule has 1 N–H and O–H groups in total. The first kappa shape index (κ1) is 24.5. The zero-order valence-electron chi connectivity index (χ0n) is 20.7. The van der Waals surface area contributed by atoms with Crippen molar-refractivity contribution in [1.82, 2.24) is 9.58 Å². The normalized spacial score (nSPS) is 21.0. The number of halogens is 2. The Morgan fingerprint density at radius 2 is 1.95 bits per heavy atom. The summed E-state index contributed by atoms with van der Waals surface area (Å²) in [5, 5.41) is 12.6. The Balaban J connectivity index is 1.72. The molecular formula is C28H25F2N3O4S. The average molecular weight is 538 g/mol. The smallest absolute Gasteiger partial charge is 0.278 e. The molecule has 2 atom stereocenters. The van der Waals surface area contributed by atoms with Crippen LogP contribution in [0.1, 0.15) is 47.1 Å². The Kier molecular flexibility index (Phi) is 5.94. The molecule has 7 nitrogen and oxygen atoms in total. The Morgan fingerprint density at radius 1 is 1.16 bits per heavy atom. The Hall–Kier alpha value is -3.79. The number of hydrogen-bond donors (Lipinski definition) is 1. The fourth-order valence-electron chi connectivity index (χ4n) is 5.49. The molecule has 0 saturated heterocycles. The van der Waals surface area contributed by atoms with Crippen LogP contribution in [0.3, 0.4) is 0 Å². The van der Waals surface area contributed by atoms with Gasteiger partial charge in [-0.25, -0.2) is 8.78 Å². The molecule has 1 amide bonds. The van der Waals surface area contributed by atoms with E-state index in [4.69, 9.17) is 4.74 Å². The molecule has 2 bridgehead atoms. The lowest BCUT2D eigenvalue weighted by Crippen LogP contribution is -2.58. The minimum absolute atomic E-state index is 0.0215. The molecule has 3 aliphatic rings. The van der Waals surface area contributed by atoms with Crippen molar-refractivity contribution in [3.8, 4) is 11.5 Å². The summed E-state index contributed by atoms with van der Waals surface area (Å²) in [5.74, 6) is -2.76. The summed E-state index contributed by atoms with van der Waals surface area (Å²) >= 11 is 1.39. The summed E-state index contributed by atoms with van der Waals surface area (Å²) in [6, 6.07) is 8.70. The largest absolute Gasteiger partial charge is 0.502 e. The zero-order chi connectivity index (χ0) is 26.7. The molecule has 0 aliphatic carbocycles. The van der Waals surface area contributed by atoms with Gasteiger partial charge in [0.1, 0.15) is 25.1 Å². The minimum atomic E-state index is -1.000. The van der Waals surface area contributed by atoms with E-state index in [0.29, 0.717) is 5.56 Å². The van der Waals surface area contributed by atoms with Crippen molar-refractivity contribution in [1.29, 1.82) is 0 Å². The van der Waals surface area contributed by atoms with Crippen molar-refractivity contribution in [2.45, 2.75) is 36.6 Å². The molecule has 3 aliphatic heterocycles. The van der Waals surface area contributed by atoms with E-state index in [1.807, 2.05) is 44.2 Å². The molecule has 0 saturated carbocycles. The third-order valence-corrected chi connectivity index (χ3v) is 8.40. The number of amides is 1. The van der Waals surface area contributed by atoms with Crippen LogP contribution >= 0.6 is 11.8 Å². The van der Waals surface area contributed by atoms with Gasteiger partial charge in [-0.2, -0.15) is 0 Å². The minimum Gasteiger partial charge on any atom is -0.502 e. The van der Waals surface area contributed by atoms with Gasteiger partial charge in [0.05, 0.1) is 6.04 Å². The van der Waals surface area contributed by atoms with E-state index in [1.54, 1.807) is 16.0 Å². The van der Waals surface area contributed by atoms with Crippen LogP contribution in [0.2, 0.25) is 0 Å². The van der Waals surface area contributed by atoms with Crippen molar-refractivity contribution in [3.05, 3.63) is 99.0 Å². The molecule has 2 aromatic carbocycles. The van der Waals surface area contributed by atoms with Crippen LogP contribution in [0.5, 0.6) is 11.5 Å². The van der Waals surface area contributed by atoms with E-state index in [1.165, 1.54) is 28.7 Å². The van der Waals surface area contributed by atoms with Crippen LogP contribution in [0.25, 0.3) is 0 Å². The summed E-state index contributed by atoms with van der Waals surface area (Å²) in [5.41, 5.74) is 0.560. The molecule has 0 fully saturated rings. The first-order valence-corrected chi connectivity index (χ1v) is 13.3. The molecule has 0 radical (unpaired) electrons. The van der Waals surface area contributed by atoms with Gasteiger partial charge in [-0.1, -0.05) is 38.1 Å². The molecule has 0 unspecified atom stereocenters. The van der Waals surface area contributed by atoms with Crippen LogP contribution in [0, 0.1) is 17.6 Å². The molecule has 1 aromatic heterocycles. The SMILES string of the molecule is CC(C)[C@@H]1/C=C\COc2cc(F)c(F)c3c2[C@@H](c2ccccc2SC3)N2CN1C(=O)c1c(O)c(=O)ccn12. The number of benzene rings is 2. The summed E-state index contributed by atoms with van der Waals surface area (Å²) < 4.78 is 37.8. The van der Waals surface area contributed by atoms with Crippen molar-refractivity contribution >= 4 is 17.7 Å². The molecule has 38 heavy (non-hydrogen) atoms. The Bertz CT molecular complexity index is 1550. The summed E-state index contributed by atoms with van der Waals surface area (Å²) in [6.07, 6.45) is 5.03. The maximum Gasteiger partial charge on any atom is 0.278 e. The second-order valence-corrected chi connectivity index (χ2v) is 10.9. The number of carbonyl (C=O) groups is 1. The van der Waals surface area contributed by atoms with Crippen molar-refractivity contribution in [3.63, 3.8) is 0 Å². The first-order chi connectivity index (χ1) is 18.3. The van der Waals surface area contributed by atoms with Gasteiger partial charge >= 0.3 is 0 Å². The molecule has 3 aromatic rings. The maximum atomic E-state index is 15.4. The highest BCUT2D eigenvalue weighted by molar-refractivity contribution is 7.98. The number of nitrogens with zero attached hydrogens (tertiary/aromatic N) is 3. The van der Waals surface area contributed by atoms with E-state index in [0.717, 1.165) is 16.5 Å². The van der Waals surface area contributed by atoms with E-state index in [9.17, 15) is 19.1 Å². The molecule has 4 heterocycles. The van der Waals surface area contributed by atoms with E-state index < -0.39 is 40.8 Å². The quantitative estimate of drug-likeness (QED) is 0.459. The topological polar surface area (TPSA) is 75.0 Å². The van der Waals surface area contributed by atoms with Crippen molar-refractivity contribution < 1.29 is 23.4 Å². The van der Waals surface area contributed by atoms with Crippen LogP contribution < -0.4 is 15.2 Å². The highest BCUT2D eigenvalue weighted by atomic mass is 32.2. The number of carbonyl (C=O) groups excluding carboxylic acids is 1. The second-order valence-electron chi connectivity index (χ2n) is 9.84. The fraction of sp³-hybridized carbons (Fsp3) is 0.286. The summed E-state index contributed by atoms with van der Waals surface area (Å²) in [6.45, 7) is 4.08. The Labute approximate surface area is 221 Å². The lowest BCUT2D eigenvalue weighted by molar-refractivity contribution is 0.0587. The van der Waals surface area contributed by atoms with Crippen molar-refractivity contribution in [2.75, 3.05) is 18.3 Å². The van der Waals surface area contributed by atoms with Crippen LogP contribution in [-0.2, 0) is 5.75 Å². The molecule has 196 valence electrons. The van der Waals surface area contributed by atoms with Gasteiger partial charge in [-0.15, -0.1) is 11.8 Å². The predicted octanol–water partition coefficient (Wildman–Crippen LogP) is 4.55. The number of rotatable bonds is 1. The lowest BCUT2D eigenvalue weighted by atomic mass is 9.92. The van der Waals surface area contributed by atoms with Crippen LogP contribution in [0.15, 0.2) is 64.4 Å². The van der Waals surface area contributed by atoms with E-state index in [-0.39, 0.29) is 42.0 Å². The third kappa shape index (κ3) is 3.69. The van der Waals surface area contributed by atoms with Crippen LogP contribution in [-0.4, -0.2) is 39.9 Å². The standard InChI is InChI=1S/C28H25F2N3O4S/c1-15(2)19-7-5-11-37-21-12-18(29)24(30)17-13-38-22-8-4-3-6-16(22)25(23(17)21)33-14-31(19)28(36)26-27(35)20(34)9-10-32(26)33/h3-10,12,15,19,25,35H,11,13-14H2,1-2H3/b7-5-/t19-,25+/m0/s1. The second kappa shape index (κ2) is 9.20. The summed E-state index contributed by atoms with van der Waals surface area (Å²) in [4.78, 5) is 28.7. The highest BCUT2D eigenvalue weighted by Crippen LogP contribution is 2.47. The van der Waals surface area contributed by atoms with Gasteiger partial charge < -0.3 is 14.7 Å². The Morgan fingerprint density at radius 3 is 2.74 bits per heavy atom. The first-order valence-electron chi connectivity index (χ1n) is 12.3. The average Bonchev–Trinajstić information content (AvgIpc) is 3.08. The predicted molar refractivity (Wildman–Crippen MR) is 139 cm³/mol. The van der Waals surface area contributed by atoms with Gasteiger partial charge in [0.2, 0.25) is 5.43 Å². The van der Waals surface area contributed by atoms with Crippen molar-refractivity contribution in [2.24, 2.45) is 5.92 Å².